The van der Waals surface area contributed by atoms with E-state index in [1.54, 1.807) is 12.1 Å². The number of alkyl halides is 3. The Bertz CT molecular complexity index is 359. The maximum atomic E-state index is 12.3. The van der Waals surface area contributed by atoms with Crippen molar-refractivity contribution in [3.05, 3.63) is 29.8 Å². The van der Waals surface area contributed by atoms with Crippen molar-refractivity contribution in [3.63, 3.8) is 0 Å². The molecule has 0 aliphatic carbocycles. The molecular weight excluding hydrogens is 254 g/mol. The van der Waals surface area contributed by atoms with Crippen LogP contribution in [0, 0.1) is 6.92 Å². The van der Waals surface area contributed by atoms with E-state index in [1.165, 1.54) is 0 Å². The van der Waals surface area contributed by atoms with Gasteiger partial charge in [0.05, 0.1) is 0 Å². The first kappa shape index (κ1) is 13.5. The van der Waals surface area contributed by atoms with E-state index in [4.69, 9.17) is 11.6 Å². The third kappa shape index (κ3) is 5.47. The highest BCUT2D eigenvalue weighted by atomic mass is 35.5. The van der Waals surface area contributed by atoms with Crippen molar-refractivity contribution in [3.8, 4) is 0 Å². The smallest absolute Gasteiger partial charge is 0.287 e. The number of halogens is 3. The lowest BCUT2D eigenvalue weighted by Crippen LogP contribution is -2.07. The molecule has 0 spiro atoms. The van der Waals surface area contributed by atoms with E-state index >= 15 is 0 Å². The molecule has 0 N–H and O–H groups in total. The third-order valence-corrected chi connectivity index (χ3v) is 2.99. The maximum Gasteiger partial charge on any atom is 0.322 e. The molecule has 1 aromatic carbocycles. The number of carbonyl (C=O) groups is 1. The van der Waals surface area contributed by atoms with Crippen molar-refractivity contribution < 1.29 is 13.6 Å². The Morgan fingerprint density at radius 1 is 1.38 bits per heavy atom. The Morgan fingerprint density at radius 3 is 2.44 bits per heavy atom. The van der Waals surface area contributed by atoms with Crippen molar-refractivity contribution in [1.29, 1.82) is 0 Å². The fourth-order valence-electron chi connectivity index (χ4n) is 1.03. The van der Waals surface area contributed by atoms with Crippen LogP contribution in [-0.4, -0.2) is 10.5 Å². The average molecular weight is 265 g/mol. The van der Waals surface area contributed by atoms with Gasteiger partial charge in [0.2, 0.25) is 0 Å². The number of hydrogen-bond acceptors (Lipinski definition) is 2. The van der Waals surface area contributed by atoms with Gasteiger partial charge >= 0.3 is 5.38 Å². The summed E-state index contributed by atoms with van der Waals surface area (Å²) in [5.74, 6) is 0. The lowest BCUT2D eigenvalue weighted by molar-refractivity contribution is -0.111. The molecule has 1 nitrogen and oxygen atoms in total. The second-order valence-corrected chi connectivity index (χ2v) is 5.09. The van der Waals surface area contributed by atoms with Crippen molar-refractivity contribution in [2.24, 2.45) is 0 Å². The molecular formula is C11H11ClF2OS. The summed E-state index contributed by atoms with van der Waals surface area (Å²) in [6.45, 7) is 1.93. The topological polar surface area (TPSA) is 17.1 Å². The Hall–Kier alpha value is -0.610. The van der Waals surface area contributed by atoms with Crippen LogP contribution in [0.2, 0.25) is 0 Å². The molecule has 0 amide bonds. The van der Waals surface area contributed by atoms with Gasteiger partial charge in [-0.25, -0.2) is 0 Å². The standard InChI is InChI=1S/C11H11ClF2OS/c1-8-2-4-9(5-3-8)16-10(15)6-7-11(12,13)14/h2-5H,6-7H2,1H3. The molecule has 0 radical (unpaired) electrons. The maximum absolute atomic E-state index is 12.3. The molecule has 1 aromatic rings. The molecule has 0 saturated carbocycles. The molecule has 0 fully saturated rings. The van der Waals surface area contributed by atoms with Gasteiger partial charge in [-0.1, -0.05) is 29.5 Å². The summed E-state index contributed by atoms with van der Waals surface area (Å²) in [5, 5.41) is -3.59. The third-order valence-electron chi connectivity index (χ3n) is 1.87. The van der Waals surface area contributed by atoms with Gasteiger partial charge in [0.1, 0.15) is 0 Å². The number of rotatable bonds is 4. The Morgan fingerprint density at radius 2 is 1.94 bits per heavy atom. The van der Waals surface area contributed by atoms with Crippen LogP contribution in [0.3, 0.4) is 0 Å². The van der Waals surface area contributed by atoms with E-state index in [0.29, 0.717) is 0 Å². The summed E-state index contributed by atoms with van der Waals surface area (Å²) in [6.07, 6.45) is -0.846. The molecule has 0 aliphatic rings. The minimum atomic E-state index is -3.29. The molecule has 0 bridgehead atoms. The molecule has 0 saturated heterocycles. The molecule has 16 heavy (non-hydrogen) atoms. The highest BCUT2D eigenvalue weighted by molar-refractivity contribution is 8.13. The summed E-state index contributed by atoms with van der Waals surface area (Å²) in [4.78, 5) is 12.1. The van der Waals surface area contributed by atoms with Gasteiger partial charge in [-0.15, -0.1) is 0 Å². The van der Waals surface area contributed by atoms with E-state index in [2.05, 4.69) is 0 Å². The largest absolute Gasteiger partial charge is 0.322 e. The Kier molecular flexibility index (Phi) is 4.74. The zero-order chi connectivity index (χ0) is 12.2. The van der Waals surface area contributed by atoms with Crippen molar-refractivity contribution in [1.82, 2.24) is 0 Å². The fraction of sp³-hybridized carbons (Fsp3) is 0.364. The molecule has 0 aliphatic heterocycles. The number of carbonyl (C=O) groups excluding carboxylic acids is 1. The predicted molar refractivity (Wildman–Crippen MR) is 62.1 cm³/mol. The predicted octanol–water partition coefficient (Wildman–Crippen LogP) is 4.23. The summed E-state index contributed by atoms with van der Waals surface area (Å²) < 4.78 is 24.6. The van der Waals surface area contributed by atoms with Crippen LogP contribution < -0.4 is 0 Å². The number of thioether (sulfide) groups is 1. The second-order valence-electron chi connectivity index (χ2n) is 3.40. The summed E-state index contributed by atoms with van der Waals surface area (Å²) in [6, 6.07) is 7.31. The zero-order valence-corrected chi connectivity index (χ0v) is 10.2. The quantitative estimate of drug-likeness (QED) is 0.598. The summed E-state index contributed by atoms with van der Waals surface area (Å²) >= 11 is 5.67. The highest BCUT2D eigenvalue weighted by Crippen LogP contribution is 2.28. The Labute approximate surface area is 102 Å². The van der Waals surface area contributed by atoms with Crippen molar-refractivity contribution >= 4 is 28.5 Å². The first-order valence-electron chi connectivity index (χ1n) is 4.71. The van der Waals surface area contributed by atoms with E-state index in [-0.39, 0.29) is 11.5 Å². The lowest BCUT2D eigenvalue weighted by atomic mass is 10.2. The van der Waals surface area contributed by atoms with Crippen LogP contribution in [0.15, 0.2) is 29.2 Å². The second kappa shape index (κ2) is 5.64. The van der Waals surface area contributed by atoms with Crippen LogP contribution in [0.4, 0.5) is 8.78 Å². The van der Waals surface area contributed by atoms with Gasteiger partial charge in [0.25, 0.3) is 0 Å². The van der Waals surface area contributed by atoms with Gasteiger partial charge in [0, 0.05) is 17.7 Å². The van der Waals surface area contributed by atoms with Gasteiger partial charge < -0.3 is 0 Å². The van der Waals surface area contributed by atoms with Crippen LogP contribution >= 0.6 is 23.4 Å². The van der Waals surface area contributed by atoms with Crippen LogP contribution in [0.5, 0.6) is 0 Å². The van der Waals surface area contributed by atoms with E-state index in [9.17, 15) is 13.6 Å². The SMILES string of the molecule is Cc1ccc(SC(=O)CCC(F)(F)Cl)cc1. The lowest BCUT2D eigenvalue weighted by Gasteiger charge is -2.06. The van der Waals surface area contributed by atoms with Crippen molar-refractivity contribution in [2.45, 2.75) is 30.0 Å². The summed E-state index contributed by atoms with van der Waals surface area (Å²) in [7, 11) is 0. The van der Waals surface area contributed by atoms with Crippen LogP contribution in [0.1, 0.15) is 18.4 Å². The molecule has 1 rings (SSSR count). The normalized spacial score (nSPS) is 11.5. The van der Waals surface area contributed by atoms with Gasteiger partial charge in [-0.05, 0) is 30.7 Å². The first-order valence-corrected chi connectivity index (χ1v) is 5.90. The number of hydrogen-bond donors (Lipinski definition) is 0. The molecule has 88 valence electrons. The van der Waals surface area contributed by atoms with Crippen LogP contribution in [0.25, 0.3) is 0 Å². The highest BCUT2D eigenvalue weighted by Gasteiger charge is 2.25. The van der Waals surface area contributed by atoms with Gasteiger partial charge in [-0.2, -0.15) is 8.78 Å². The molecule has 0 aromatic heterocycles. The van der Waals surface area contributed by atoms with Crippen LogP contribution in [-0.2, 0) is 4.79 Å². The molecule has 5 heteroatoms. The Balaban J connectivity index is 2.43. The van der Waals surface area contributed by atoms with Gasteiger partial charge in [-0.3, -0.25) is 4.79 Å². The van der Waals surface area contributed by atoms with E-state index in [0.717, 1.165) is 22.2 Å². The zero-order valence-electron chi connectivity index (χ0n) is 8.67. The summed E-state index contributed by atoms with van der Waals surface area (Å²) in [5.41, 5.74) is 1.09. The van der Waals surface area contributed by atoms with Gasteiger partial charge in [0.15, 0.2) is 5.12 Å². The van der Waals surface area contributed by atoms with E-state index < -0.39 is 11.8 Å². The van der Waals surface area contributed by atoms with Crippen molar-refractivity contribution in [2.75, 3.05) is 0 Å². The number of benzene rings is 1. The molecule has 0 atom stereocenters. The minimum Gasteiger partial charge on any atom is -0.287 e. The minimum absolute atomic E-state index is 0.227. The first-order chi connectivity index (χ1) is 7.37. The monoisotopic (exact) mass is 264 g/mol. The number of aryl methyl sites for hydroxylation is 1. The molecule has 0 unspecified atom stereocenters. The van der Waals surface area contributed by atoms with E-state index in [1.807, 2.05) is 19.1 Å². The fourth-order valence-corrected chi connectivity index (χ4v) is 1.87. The molecule has 0 heterocycles. The average Bonchev–Trinajstić information content (AvgIpc) is 2.18.